The maximum atomic E-state index is 12.1. The first-order chi connectivity index (χ1) is 13.5. The van der Waals surface area contributed by atoms with Crippen LogP contribution in [-0.4, -0.2) is 21.0 Å². The minimum atomic E-state index is -0.0599. The number of thiophene rings is 1. The number of hydrogen-bond acceptors (Lipinski definition) is 6. The number of pyridine rings is 1. The van der Waals surface area contributed by atoms with Gasteiger partial charge >= 0.3 is 0 Å². The molecule has 0 saturated carbocycles. The molecule has 3 heterocycles. The summed E-state index contributed by atoms with van der Waals surface area (Å²) in [5.41, 5.74) is 12.1. The third-order valence-corrected chi connectivity index (χ3v) is 6.13. The molecule has 5 aromatic rings. The van der Waals surface area contributed by atoms with Crippen LogP contribution in [0.5, 0.6) is 0 Å². The Kier molecular flexibility index (Phi) is 3.64. The summed E-state index contributed by atoms with van der Waals surface area (Å²) in [6.07, 6.45) is 0. The second-order valence-electron chi connectivity index (χ2n) is 6.85. The molecule has 0 amide bonds. The number of ketones is 1. The summed E-state index contributed by atoms with van der Waals surface area (Å²) >= 11 is 1.33. The van der Waals surface area contributed by atoms with Gasteiger partial charge in [-0.1, -0.05) is 48.0 Å². The first-order valence-electron chi connectivity index (χ1n) is 8.89. The lowest BCUT2D eigenvalue weighted by Crippen LogP contribution is -1.97. The number of carbonyl (C=O) groups excluding carboxylic acids is 1. The molecule has 6 heteroatoms. The van der Waals surface area contributed by atoms with Crippen LogP contribution in [-0.2, 0) is 0 Å². The van der Waals surface area contributed by atoms with Gasteiger partial charge < -0.3 is 5.73 Å². The van der Waals surface area contributed by atoms with E-state index in [0.29, 0.717) is 16.1 Å². The van der Waals surface area contributed by atoms with E-state index >= 15 is 0 Å². The first-order valence-corrected chi connectivity index (χ1v) is 9.71. The normalized spacial score (nSPS) is 11.5. The van der Waals surface area contributed by atoms with E-state index in [1.807, 2.05) is 43.3 Å². The second kappa shape index (κ2) is 6.07. The minimum Gasteiger partial charge on any atom is -0.397 e. The molecular weight excluding hydrogens is 368 g/mol. The van der Waals surface area contributed by atoms with E-state index in [0.717, 1.165) is 43.3 Å². The molecule has 5 nitrogen and oxygen atoms in total. The number of aromatic nitrogens is 3. The molecule has 0 fully saturated rings. The van der Waals surface area contributed by atoms with Gasteiger partial charge in [0.05, 0.1) is 16.1 Å². The fourth-order valence-electron chi connectivity index (χ4n) is 3.56. The van der Waals surface area contributed by atoms with Crippen molar-refractivity contribution in [3.05, 3.63) is 59.0 Å². The molecule has 3 aromatic heterocycles. The molecule has 0 atom stereocenters. The molecule has 2 aromatic carbocycles. The van der Waals surface area contributed by atoms with Crippen molar-refractivity contribution in [1.82, 2.24) is 15.2 Å². The number of anilines is 1. The molecule has 0 unspecified atom stereocenters. The number of fused-ring (bicyclic) bond motifs is 4. The highest BCUT2D eigenvalue weighted by Gasteiger charge is 2.22. The Morgan fingerprint density at radius 1 is 1.00 bits per heavy atom. The lowest BCUT2D eigenvalue weighted by Gasteiger charge is -2.10. The Bertz CT molecular complexity index is 1400. The summed E-state index contributed by atoms with van der Waals surface area (Å²) < 4.78 is 0. The number of rotatable bonds is 2. The molecule has 0 bridgehead atoms. The maximum Gasteiger partial charge on any atom is 0.171 e. The topological polar surface area (TPSA) is 81.8 Å². The highest BCUT2D eigenvalue weighted by Crippen LogP contribution is 2.43. The number of aryl methyl sites for hydroxylation is 1. The van der Waals surface area contributed by atoms with Crippen LogP contribution in [0.2, 0.25) is 0 Å². The molecule has 0 radical (unpaired) electrons. The van der Waals surface area contributed by atoms with Crippen LogP contribution in [0, 0.1) is 6.92 Å². The maximum absolute atomic E-state index is 12.1. The van der Waals surface area contributed by atoms with Crippen molar-refractivity contribution in [2.24, 2.45) is 0 Å². The Morgan fingerprint density at radius 3 is 2.50 bits per heavy atom. The van der Waals surface area contributed by atoms with Crippen LogP contribution in [0.3, 0.4) is 0 Å². The average Bonchev–Trinajstić information content (AvgIpc) is 3.03. The summed E-state index contributed by atoms with van der Waals surface area (Å²) in [6, 6.07) is 16.0. The van der Waals surface area contributed by atoms with Crippen LogP contribution in [0.1, 0.15) is 22.2 Å². The molecule has 136 valence electrons. The van der Waals surface area contributed by atoms with E-state index in [1.165, 1.54) is 18.3 Å². The molecule has 5 rings (SSSR count). The number of carbonyl (C=O) groups is 1. The number of nitrogen functional groups attached to an aromatic ring is 1. The van der Waals surface area contributed by atoms with E-state index in [2.05, 4.69) is 22.3 Å². The van der Waals surface area contributed by atoms with Gasteiger partial charge in [0.2, 0.25) is 0 Å². The van der Waals surface area contributed by atoms with E-state index < -0.39 is 0 Å². The van der Waals surface area contributed by atoms with Crippen LogP contribution in [0.25, 0.3) is 43.3 Å². The average molecular weight is 384 g/mol. The lowest BCUT2D eigenvalue weighted by atomic mass is 9.98. The molecule has 0 spiro atoms. The monoisotopic (exact) mass is 384 g/mol. The van der Waals surface area contributed by atoms with Gasteiger partial charge in [-0.05, 0) is 18.6 Å². The summed E-state index contributed by atoms with van der Waals surface area (Å²) in [5.74, 6) is -0.0599. The van der Waals surface area contributed by atoms with Crippen molar-refractivity contribution in [3.8, 4) is 11.1 Å². The zero-order chi connectivity index (χ0) is 19.4. The largest absolute Gasteiger partial charge is 0.397 e. The second-order valence-corrected chi connectivity index (χ2v) is 7.85. The summed E-state index contributed by atoms with van der Waals surface area (Å²) in [5, 5.41) is 10.6. The van der Waals surface area contributed by atoms with E-state index in [4.69, 9.17) is 10.7 Å². The Morgan fingerprint density at radius 2 is 1.75 bits per heavy atom. The molecule has 0 aliphatic heterocycles. The highest BCUT2D eigenvalue weighted by molar-refractivity contribution is 7.21. The Hall–Kier alpha value is -3.38. The summed E-state index contributed by atoms with van der Waals surface area (Å²) in [7, 11) is 0. The molecule has 0 aliphatic rings. The van der Waals surface area contributed by atoms with Gasteiger partial charge in [0.1, 0.15) is 15.9 Å². The molecule has 0 saturated heterocycles. The number of Topliss-reactive ketones (excluding diaryl/α,β-unsaturated/α-hetero) is 1. The van der Waals surface area contributed by atoms with Gasteiger partial charge in [0.25, 0.3) is 0 Å². The van der Waals surface area contributed by atoms with Crippen LogP contribution in [0.15, 0.2) is 48.5 Å². The number of nitrogens with two attached hydrogens (primary N) is 1. The Labute approximate surface area is 164 Å². The third-order valence-electron chi connectivity index (χ3n) is 4.93. The Balaban J connectivity index is 2.03. The molecular formula is C22H16N4OS. The van der Waals surface area contributed by atoms with Crippen molar-refractivity contribution in [2.45, 2.75) is 13.8 Å². The van der Waals surface area contributed by atoms with Crippen molar-refractivity contribution < 1.29 is 4.79 Å². The fraction of sp³-hybridized carbons (Fsp3) is 0.0909. The number of hydrogen-bond donors (Lipinski definition) is 1. The highest BCUT2D eigenvalue weighted by atomic mass is 32.1. The van der Waals surface area contributed by atoms with Crippen molar-refractivity contribution in [1.29, 1.82) is 0 Å². The van der Waals surface area contributed by atoms with Gasteiger partial charge in [0, 0.05) is 23.3 Å². The van der Waals surface area contributed by atoms with E-state index in [1.54, 1.807) is 0 Å². The molecule has 0 aliphatic carbocycles. The zero-order valence-electron chi connectivity index (χ0n) is 15.4. The van der Waals surface area contributed by atoms with Crippen LogP contribution in [0.4, 0.5) is 5.69 Å². The third kappa shape index (κ3) is 2.38. The standard InChI is InChI=1S/C22H16N4OS/c1-11-7-9-13(10-8-11)16-17-18(23)21(12(2)27)28-22(17)24-19-14-5-3-4-6-15(14)25-26-20(16)19/h3-10H,23H2,1-2H3. The van der Waals surface area contributed by atoms with Crippen molar-refractivity contribution in [2.75, 3.05) is 5.73 Å². The van der Waals surface area contributed by atoms with Crippen molar-refractivity contribution >= 4 is 55.0 Å². The summed E-state index contributed by atoms with van der Waals surface area (Å²) in [6.45, 7) is 3.58. The van der Waals surface area contributed by atoms with Gasteiger partial charge in [-0.15, -0.1) is 21.5 Å². The SMILES string of the molecule is CC(=O)c1sc2nc3c(nnc4ccccc43)c(-c3ccc(C)cc3)c2c1N. The predicted molar refractivity (Wildman–Crippen MR) is 115 cm³/mol. The fourth-order valence-corrected chi connectivity index (χ4v) is 4.56. The predicted octanol–water partition coefficient (Wildman–Crippen LogP) is 5.15. The quantitative estimate of drug-likeness (QED) is 0.336. The zero-order valence-corrected chi connectivity index (χ0v) is 16.2. The number of nitrogens with zero attached hydrogens (tertiary/aromatic N) is 3. The summed E-state index contributed by atoms with van der Waals surface area (Å²) in [4.78, 5) is 18.2. The first kappa shape index (κ1) is 16.8. The smallest absolute Gasteiger partial charge is 0.171 e. The van der Waals surface area contributed by atoms with E-state index in [-0.39, 0.29) is 5.78 Å². The van der Waals surface area contributed by atoms with E-state index in [9.17, 15) is 4.79 Å². The lowest BCUT2D eigenvalue weighted by molar-refractivity contribution is 0.102. The number of benzene rings is 2. The van der Waals surface area contributed by atoms with Gasteiger partial charge in [-0.25, -0.2) is 4.98 Å². The molecule has 2 N–H and O–H groups in total. The van der Waals surface area contributed by atoms with Crippen LogP contribution >= 0.6 is 11.3 Å². The van der Waals surface area contributed by atoms with Crippen LogP contribution < -0.4 is 5.73 Å². The van der Waals surface area contributed by atoms with Gasteiger partial charge in [0.15, 0.2) is 5.78 Å². The van der Waals surface area contributed by atoms with Gasteiger partial charge in [-0.2, -0.15) is 0 Å². The van der Waals surface area contributed by atoms with Crippen molar-refractivity contribution in [3.63, 3.8) is 0 Å². The molecule has 28 heavy (non-hydrogen) atoms. The minimum absolute atomic E-state index is 0.0599. The van der Waals surface area contributed by atoms with Gasteiger partial charge in [-0.3, -0.25) is 4.79 Å².